The second-order valence-electron chi connectivity index (χ2n) is 0.296. The van der Waals surface area contributed by atoms with Gasteiger partial charge < -0.3 is 1.43 Å². The molecule has 1 nitrogen and oxygen atoms in total. The van der Waals surface area contributed by atoms with E-state index in [-0.39, 0.29) is 31.0 Å². The Morgan fingerprint density at radius 3 is 2.20 bits per heavy atom. The van der Waals surface area contributed by atoms with Crippen LogP contribution in [0.5, 0.6) is 0 Å². The first kappa shape index (κ1) is 9.15. The minimum atomic E-state index is 0. The van der Waals surface area contributed by atoms with Gasteiger partial charge in [-0.3, -0.25) is 0 Å². The number of hydrogen-bond acceptors (Lipinski definition) is 1. The van der Waals surface area contributed by atoms with Gasteiger partial charge in [-0.05, 0) is 5.97 Å². The van der Waals surface area contributed by atoms with Crippen LogP contribution in [0, 0.1) is 11.2 Å². The van der Waals surface area contributed by atoms with Crippen molar-refractivity contribution in [2.75, 3.05) is 0 Å². The molecule has 0 bridgehead atoms. The van der Waals surface area contributed by atoms with Crippen molar-refractivity contribution in [3.8, 4) is 5.97 Å². The number of nitriles is 1. The van der Waals surface area contributed by atoms with Gasteiger partial charge in [0.15, 0.2) is 7.17 Å². The SMILES string of the molecule is [B][B]C#N.[H-].[Na+]. The molecule has 0 unspecified atom stereocenters. The molecule has 0 amide bonds. The quantitative estimate of drug-likeness (QED) is 0.271. The second kappa shape index (κ2) is 8.82. The van der Waals surface area contributed by atoms with Gasteiger partial charge in [0, 0.05) is 7.74 Å². The molecule has 0 aliphatic rings. The van der Waals surface area contributed by atoms with Crippen molar-refractivity contribution in [2.24, 2.45) is 0 Å². The maximum Gasteiger partial charge on any atom is 1.00 e. The van der Waals surface area contributed by atoms with E-state index in [1.54, 1.807) is 5.97 Å². The summed E-state index contributed by atoms with van der Waals surface area (Å²) in [6, 6.07) is 0. The fourth-order valence-corrected chi connectivity index (χ4v) is 0. The Bertz CT molecular complexity index is 43.3. The van der Waals surface area contributed by atoms with Crippen LogP contribution >= 0.6 is 0 Å². The summed E-state index contributed by atoms with van der Waals surface area (Å²) in [5, 5.41) is 7.44. The molecule has 0 aromatic rings. The summed E-state index contributed by atoms with van der Waals surface area (Å²) in [5.41, 5.74) is 0. The van der Waals surface area contributed by atoms with Crippen molar-refractivity contribution in [3.63, 3.8) is 0 Å². The minimum absolute atomic E-state index is 0. The van der Waals surface area contributed by atoms with Crippen LogP contribution in [0.2, 0.25) is 0 Å². The van der Waals surface area contributed by atoms with Gasteiger partial charge in [0.2, 0.25) is 0 Å². The van der Waals surface area contributed by atoms with Crippen LogP contribution < -0.4 is 29.6 Å². The van der Waals surface area contributed by atoms with Crippen LogP contribution in [0.3, 0.4) is 0 Å². The molecule has 5 heavy (non-hydrogen) atoms. The first-order chi connectivity index (χ1) is 1.91. The first-order valence-electron chi connectivity index (χ1n) is 0.846. The van der Waals surface area contributed by atoms with E-state index in [4.69, 9.17) is 5.26 Å². The Balaban J connectivity index is -0.0000000450. The molecule has 0 aliphatic carbocycles. The van der Waals surface area contributed by atoms with Crippen molar-refractivity contribution < 1.29 is 31.0 Å². The van der Waals surface area contributed by atoms with Crippen LogP contribution in [0.4, 0.5) is 0 Å². The van der Waals surface area contributed by atoms with E-state index in [1.807, 2.05) is 0 Å². The van der Waals surface area contributed by atoms with Crippen molar-refractivity contribution in [1.29, 1.82) is 5.26 Å². The van der Waals surface area contributed by atoms with Gasteiger partial charge in [-0.15, -0.1) is 0 Å². The Morgan fingerprint density at radius 2 is 2.20 bits per heavy atom. The Labute approximate surface area is 57.2 Å². The molecule has 0 atom stereocenters. The van der Waals surface area contributed by atoms with Gasteiger partial charge in [-0.1, -0.05) is 0 Å². The Hall–Kier alpha value is 0.620. The average Bonchev–Trinajstić information content (AvgIpc) is 1.37. The van der Waals surface area contributed by atoms with Crippen LogP contribution in [0.25, 0.3) is 0 Å². The zero-order chi connectivity index (χ0) is 3.41. The second-order valence-corrected chi connectivity index (χ2v) is 0.296. The van der Waals surface area contributed by atoms with E-state index in [9.17, 15) is 0 Å². The first-order valence-corrected chi connectivity index (χ1v) is 0.846. The molecule has 0 saturated heterocycles. The number of nitrogens with zero attached hydrogens (tertiary/aromatic N) is 1. The minimum Gasteiger partial charge on any atom is -1.00 e. The molecule has 0 aliphatic heterocycles. The number of hydrogen-bond donors (Lipinski definition) is 0. The van der Waals surface area contributed by atoms with Gasteiger partial charge in [-0.25, -0.2) is 5.26 Å². The zero-order valence-corrected chi connectivity index (χ0v) is 5.10. The zero-order valence-electron chi connectivity index (χ0n) is 4.10. The third-order valence-electron chi connectivity index (χ3n) is 0.0745. The fourth-order valence-electron chi connectivity index (χ4n) is 0. The normalized spacial score (nSPS) is 3.00. The smallest absolute Gasteiger partial charge is 1.00 e. The largest absolute Gasteiger partial charge is 1.00 e. The molecule has 0 heterocycles. The summed E-state index contributed by atoms with van der Waals surface area (Å²) in [6.45, 7) is 0. The molecule has 0 aromatic carbocycles. The van der Waals surface area contributed by atoms with Crippen molar-refractivity contribution >= 4 is 14.9 Å². The predicted octanol–water partition coefficient (Wildman–Crippen LogP) is -3.63. The Kier molecular flexibility index (Phi) is 16.1. The van der Waals surface area contributed by atoms with Gasteiger partial charge >= 0.3 is 29.6 Å². The Morgan fingerprint density at radius 1 is 2.00 bits per heavy atom. The standard InChI is InChI=1S/CB2N.Na.H/c2-3-1-4;;/q;+1;-1. The predicted molar refractivity (Wildman–Crippen MR) is 18.2 cm³/mol. The van der Waals surface area contributed by atoms with Crippen LogP contribution in [0.15, 0.2) is 0 Å². The van der Waals surface area contributed by atoms with E-state index in [0.717, 1.165) is 7.17 Å². The maximum absolute atomic E-state index is 7.44. The molecule has 0 rings (SSSR count). The molecule has 0 fully saturated rings. The summed E-state index contributed by atoms with van der Waals surface area (Å²) in [4.78, 5) is 0. The van der Waals surface area contributed by atoms with E-state index < -0.39 is 0 Å². The van der Waals surface area contributed by atoms with Gasteiger partial charge in [0.05, 0.1) is 0 Å². The van der Waals surface area contributed by atoms with Gasteiger partial charge in [0.1, 0.15) is 0 Å². The van der Waals surface area contributed by atoms with Gasteiger partial charge in [0.25, 0.3) is 0 Å². The molecule has 4 heteroatoms. The number of rotatable bonds is 0. The molecule has 0 N–H and O–H groups in total. The van der Waals surface area contributed by atoms with E-state index in [2.05, 4.69) is 7.74 Å². The topological polar surface area (TPSA) is 23.8 Å². The van der Waals surface area contributed by atoms with Crippen LogP contribution in [0.1, 0.15) is 1.43 Å². The fraction of sp³-hybridized carbons (Fsp3) is 0. The van der Waals surface area contributed by atoms with Crippen molar-refractivity contribution in [1.82, 2.24) is 0 Å². The molecular formula is CHB2NNa. The van der Waals surface area contributed by atoms with E-state index in [1.165, 1.54) is 0 Å². The van der Waals surface area contributed by atoms with Gasteiger partial charge in [-0.2, -0.15) is 0 Å². The molecular weight excluding hydrogens is 70.6 g/mol. The third kappa shape index (κ3) is 12.1. The maximum atomic E-state index is 7.44. The summed E-state index contributed by atoms with van der Waals surface area (Å²) < 4.78 is 0. The van der Waals surface area contributed by atoms with E-state index >= 15 is 0 Å². The van der Waals surface area contributed by atoms with Crippen molar-refractivity contribution in [3.05, 3.63) is 0 Å². The molecule has 0 saturated carbocycles. The summed E-state index contributed by atoms with van der Waals surface area (Å²) in [6.07, 6.45) is 0. The monoisotopic (exact) mass is 72.0 g/mol. The third-order valence-corrected chi connectivity index (χ3v) is 0.0745. The molecule has 3 radical (unpaired) electrons. The molecule has 0 spiro atoms. The van der Waals surface area contributed by atoms with Crippen LogP contribution in [-0.2, 0) is 0 Å². The summed E-state index contributed by atoms with van der Waals surface area (Å²) >= 11 is 0. The molecule has 17 valence electrons. The summed E-state index contributed by atoms with van der Waals surface area (Å²) in [7, 11) is 5.47. The van der Waals surface area contributed by atoms with E-state index in [0.29, 0.717) is 0 Å². The summed E-state index contributed by atoms with van der Waals surface area (Å²) in [5.74, 6) is 1.58. The van der Waals surface area contributed by atoms with Crippen molar-refractivity contribution in [2.45, 2.75) is 0 Å². The molecule has 0 aromatic heterocycles. The van der Waals surface area contributed by atoms with Crippen LogP contribution in [-0.4, -0.2) is 14.9 Å². The average molecular weight is 71.6 g/mol.